The van der Waals surface area contributed by atoms with Gasteiger partial charge in [-0.2, -0.15) is 0 Å². The van der Waals surface area contributed by atoms with Gasteiger partial charge in [0, 0.05) is 6.07 Å². The van der Waals surface area contributed by atoms with Crippen molar-refractivity contribution >= 4 is 5.69 Å². The molecule has 0 atom stereocenters. The second-order valence-electron chi connectivity index (χ2n) is 1.68. The number of halogens is 1. The van der Waals surface area contributed by atoms with Gasteiger partial charge in [-0.1, -0.05) is 0 Å². The van der Waals surface area contributed by atoms with Gasteiger partial charge in [0.1, 0.15) is 0 Å². The normalized spacial score (nSPS) is 9.30. The first-order chi connectivity index (χ1) is 4.83. The van der Waals surface area contributed by atoms with Crippen LogP contribution in [0.5, 0.6) is 5.88 Å². The summed E-state index contributed by atoms with van der Waals surface area (Å²) in [4.78, 5) is 3.68. The number of hydrogen-bond donors (Lipinski definition) is 1. The van der Waals surface area contributed by atoms with Crippen molar-refractivity contribution in [2.24, 2.45) is 0 Å². The predicted molar refractivity (Wildman–Crippen MR) is 35.3 cm³/mol. The SMILES string of the molecule is Nc1ccc(OCF)nc1. The molecule has 54 valence electrons. The Morgan fingerprint density at radius 3 is 2.90 bits per heavy atom. The average molecular weight is 142 g/mol. The largest absolute Gasteiger partial charge is 0.446 e. The summed E-state index contributed by atoms with van der Waals surface area (Å²) in [5, 5.41) is 0. The Morgan fingerprint density at radius 2 is 2.40 bits per heavy atom. The summed E-state index contributed by atoms with van der Waals surface area (Å²) in [6.07, 6.45) is 1.41. The van der Waals surface area contributed by atoms with Crippen LogP contribution in [0.3, 0.4) is 0 Å². The molecule has 0 saturated heterocycles. The number of anilines is 1. The predicted octanol–water partition coefficient (Wildman–Crippen LogP) is 0.970. The van der Waals surface area contributed by atoms with E-state index in [9.17, 15) is 4.39 Å². The van der Waals surface area contributed by atoms with Crippen molar-refractivity contribution in [2.45, 2.75) is 0 Å². The van der Waals surface area contributed by atoms with Gasteiger partial charge >= 0.3 is 0 Å². The molecule has 4 heteroatoms. The van der Waals surface area contributed by atoms with Crippen molar-refractivity contribution < 1.29 is 9.13 Å². The number of ether oxygens (including phenoxy) is 1. The first-order valence-corrected chi connectivity index (χ1v) is 2.73. The molecule has 0 aliphatic heterocycles. The van der Waals surface area contributed by atoms with Gasteiger partial charge in [-0.05, 0) is 6.07 Å². The van der Waals surface area contributed by atoms with Crippen molar-refractivity contribution in [3.8, 4) is 5.88 Å². The van der Waals surface area contributed by atoms with Crippen molar-refractivity contribution in [3.05, 3.63) is 18.3 Å². The molecule has 3 nitrogen and oxygen atoms in total. The van der Waals surface area contributed by atoms with E-state index < -0.39 is 6.86 Å². The van der Waals surface area contributed by atoms with E-state index >= 15 is 0 Å². The second-order valence-corrected chi connectivity index (χ2v) is 1.68. The molecule has 1 rings (SSSR count). The Kier molecular flexibility index (Phi) is 2.04. The molecule has 1 aromatic rings. The highest BCUT2D eigenvalue weighted by Gasteiger charge is 1.91. The van der Waals surface area contributed by atoms with Crippen LogP contribution in [-0.4, -0.2) is 11.8 Å². The summed E-state index contributed by atoms with van der Waals surface area (Å²) < 4.78 is 15.9. The molecule has 0 fully saturated rings. The van der Waals surface area contributed by atoms with Crippen LogP contribution < -0.4 is 10.5 Å². The van der Waals surface area contributed by atoms with Crippen LogP contribution in [0.2, 0.25) is 0 Å². The molecule has 10 heavy (non-hydrogen) atoms. The zero-order chi connectivity index (χ0) is 7.40. The van der Waals surface area contributed by atoms with Crippen molar-refractivity contribution in [2.75, 3.05) is 12.6 Å². The van der Waals surface area contributed by atoms with E-state index in [1.54, 1.807) is 6.07 Å². The van der Waals surface area contributed by atoms with Gasteiger partial charge in [0.2, 0.25) is 12.7 Å². The zero-order valence-electron chi connectivity index (χ0n) is 5.25. The number of hydrogen-bond acceptors (Lipinski definition) is 3. The third kappa shape index (κ3) is 1.58. The van der Waals surface area contributed by atoms with E-state index in [1.165, 1.54) is 12.3 Å². The molecule has 0 aliphatic carbocycles. The minimum absolute atomic E-state index is 0.247. The zero-order valence-corrected chi connectivity index (χ0v) is 5.25. The summed E-state index contributed by atoms with van der Waals surface area (Å²) in [7, 11) is 0. The molecular formula is C6H7FN2O. The fraction of sp³-hybridized carbons (Fsp3) is 0.167. The maximum atomic E-state index is 11.5. The molecule has 0 bridgehead atoms. The van der Waals surface area contributed by atoms with Crippen LogP contribution >= 0.6 is 0 Å². The second kappa shape index (κ2) is 3.00. The van der Waals surface area contributed by atoms with E-state index in [4.69, 9.17) is 5.73 Å². The lowest BCUT2D eigenvalue weighted by Gasteiger charge is -1.97. The van der Waals surface area contributed by atoms with Gasteiger partial charge in [0.25, 0.3) is 0 Å². The Bertz CT molecular complexity index is 199. The number of pyridine rings is 1. The highest BCUT2D eigenvalue weighted by atomic mass is 19.1. The van der Waals surface area contributed by atoms with Crippen molar-refractivity contribution in [1.82, 2.24) is 4.98 Å². The number of alkyl halides is 1. The number of aromatic nitrogens is 1. The Labute approximate surface area is 57.6 Å². The first kappa shape index (κ1) is 6.80. The molecule has 1 heterocycles. The van der Waals surface area contributed by atoms with E-state index in [2.05, 4.69) is 9.72 Å². The summed E-state index contributed by atoms with van der Waals surface area (Å²) >= 11 is 0. The third-order valence-corrected chi connectivity index (χ3v) is 0.962. The molecule has 2 N–H and O–H groups in total. The third-order valence-electron chi connectivity index (χ3n) is 0.962. The lowest BCUT2D eigenvalue weighted by atomic mass is 10.4. The van der Waals surface area contributed by atoms with Gasteiger partial charge in [-0.25, -0.2) is 9.37 Å². The summed E-state index contributed by atoms with van der Waals surface area (Å²) in [6.45, 7) is -0.864. The molecule has 0 aromatic carbocycles. The molecule has 0 aliphatic rings. The van der Waals surface area contributed by atoms with Gasteiger partial charge in [0.15, 0.2) is 0 Å². The lowest BCUT2D eigenvalue weighted by molar-refractivity contribution is 0.185. The minimum atomic E-state index is -0.864. The quantitative estimate of drug-likeness (QED) is 0.669. The van der Waals surface area contributed by atoms with Crippen molar-refractivity contribution in [1.29, 1.82) is 0 Å². The van der Waals surface area contributed by atoms with E-state index in [-0.39, 0.29) is 5.88 Å². The Balaban J connectivity index is 2.69. The molecule has 0 radical (unpaired) electrons. The molecule has 0 unspecified atom stereocenters. The number of rotatable bonds is 2. The number of nitrogens with two attached hydrogens (primary N) is 1. The maximum absolute atomic E-state index is 11.5. The van der Waals surface area contributed by atoms with E-state index in [0.29, 0.717) is 5.69 Å². The Morgan fingerprint density at radius 1 is 1.60 bits per heavy atom. The number of nitrogens with zero attached hydrogens (tertiary/aromatic N) is 1. The first-order valence-electron chi connectivity index (χ1n) is 2.73. The van der Waals surface area contributed by atoms with Crippen molar-refractivity contribution in [3.63, 3.8) is 0 Å². The summed E-state index contributed by atoms with van der Waals surface area (Å²) in [5.74, 6) is 0.247. The molecular weight excluding hydrogens is 135 g/mol. The molecule has 0 amide bonds. The van der Waals surface area contributed by atoms with Crippen LogP contribution in [0.4, 0.5) is 10.1 Å². The highest BCUT2D eigenvalue weighted by Crippen LogP contribution is 2.07. The molecule has 1 aromatic heterocycles. The van der Waals surface area contributed by atoms with Gasteiger partial charge in [-0.15, -0.1) is 0 Å². The van der Waals surface area contributed by atoms with E-state index in [0.717, 1.165) is 0 Å². The molecule has 0 saturated carbocycles. The lowest BCUT2D eigenvalue weighted by Crippen LogP contribution is -1.93. The van der Waals surface area contributed by atoms with Gasteiger partial charge < -0.3 is 10.5 Å². The summed E-state index contributed by atoms with van der Waals surface area (Å²) in [5.41, 5.74) is 5.84. The maximum Gasteiger partial charge on any atom is 0.230 e. The van der Waals surface area contributed by atoms with E-state index in [1.807, 2.05) is 0 Å². The van der Waals surface area contributed by atoms with Gasteiger partial charge in [0.05, 0.1) is 11.9 Å². The standard InChI is InChI=1S/C6H7FN2O/c7-4-10-6-2-1-5(8)3-9-6/h1-3H,4,8H2. The van der Waals surface area contributed by atoms with Crippen LogP contribution in [0.15, 0.2) is 18.3 Å². The van der Waals surface area contributed by atoms with Crippen LogP contribution in [0.25, 0.3) is 0 Å². The average Bonchev–Trinajstić information content (AvgIpc) is 1.95. The summed E-state index contributed by atoms with van der Waals surface area (Å²) in [6, 6.07) is 3.10. The topological polar surface area (TPSA) is 48.1 Å². The highest BCUT2D eigenvalue weighted by molar-refractivity contribution is 5.35. The van der Waals surface area contributed by atoms with Gasteiger partial charge in [-0.3, -0.25) is 0 Å². The van der Waals surface area contributed by atoms with Crippen LogP contribution in [0.1, 0.15) is 0 Å². The van der Waals surface area contributed by atoms with Crippen LogP contribution in [0, 0.1) is 0 Å². The fourth-order valence-corrected chi connectivity index (χ4v) is 0.533. The monoisotopic (exact) mass is 142 g/mol. The smallest absolute Gasteiger partial charge is 0.230 e. The Hall–Kier alpha value is -1.32. The van der Waals surface area contributed by atoms with Crippen LogP contribution in [-0.2, 0) is 0 Å². The number of nitrogen functional groups attached to an aromatic ring is 1. The minimum Gasteiger partial charge on any atom is -0.446 e. The molecule has 0 spiro atoms. The fourth-order valence-electron chi connectivity index (χ4n) is 0.533.